The lowest BCUT2D eigenvalue weighted by molar-refractivity contribution is 0.0526. The monoisotopic (exact) mass is 428 g/mol. The predicted octanol–water partition coefficient (Wildman–Crippen LogP) is 2.95. The average molecular weight is 428 g/mol. The molecule has 0 aliphatic heterocycles. The number of aryl methyl sites for hydroxylation is 1. The van der Waals surface area contributed by atoms with Crippen LogP contribution in [0.1, 0.15) is 33.3 Å². The molecule has 0 bridgehead atoms. The van der Waals surface area contributed by atoms with Gasteiger partial charge in [0.1, 0.15) is 5.56 Å². The molecular weight excluding hydrogens is 408 g/mol. The number of amides is 1. The fourth-order valence-corrected chi connectivity index (χ4v) is 3.90. The van der Waals surface area contributed by atoms with Crippen LogP contribution in [-0.4, -0.2) is 37.1 Å². The Labute approximate surface area is 173 Å². The number of aromatic amines is 1. The minimum absolute atomic E-state index is 0.104. The molecular formula is C20H20N4O5S. The maximum absolute atomic E-state index is 12.8. The van der Waals surface area contributed by atoms with E-state index < -0.39 is 26.9 Å². The van der Waals surface area contributed by atoms with Crippen molar-refractivity contribution in [1.29, 1.82) is 0 Å². The number of para-hydroxylation sites is 1. The van der Waals surface area contributed by atoms with E-state index in [1.54, 1.807) is 44.2 Å². The van der Waals surface area contributed by atoms with Gasteiger partial charge in [0.2, 0.25) is 5.03 Å². The van der Waals surface area contributed by atoms with Crippen molar-refractivity contribution in [2.24, 2.45) is 0 Å². The molecule has 0 spiro atoms. The van der Waals surface area contributed by atoms with Crippen LogP contribution in [0.4, 0.5) is 11.4 Å². The first kappa shape index (κ1) is 21.1. The Morgan fingerprint density at radius 1 is 1.03 bits per heavy atom. The lowest BCUT2D eigenvalue weighted by Crippen LogP contribution is -2.20. The van der Waals surface area contributed by atoms with E-state index >= 15 is 0 Å². The fraction of sp³-hybridized carbons (Fsp3) is 0.150. The Balaban J connectivity index is 1.82. The SMILES string of the molecule is CCOC(=O)c1ccc(NC(=O)c2c(S(=O)(=O)Nc3ccccc3)n[nH]c2C)cc1. The van der Waals surface area contributed by atoms with Gasteiger partial charge in [-0.25, -0.2) is 4.79 Å². The van der Waals surface area contributed by atoms with Gasteiger partial charge in [0.05, 0.1) is 12.2 Å². The molecule has 1 heterocycles. The van der Waals surface area contributed by atoms with Crippen molar-refractivity contribution >= 4 is 33.3 Å². The number of hydrogen-bond donors (Lipinski definition) is 3. The van der Waals surface area contributed by atoms with Gasteiger partial charge in [-0.1, -0.05) is 18.2 Å². The third kappa shape index (κ3) is 4.66. The van der Waals surface area contributed by atoms with E-state index in [9.17, 15) is 18.0 Å². The number of benzene rings is 2. The van der Waals surface area contributed by atoms with Crippen LogP contribution in [-0.2, 0) is 14.8 Å². The number of nitrogens with one attached hydrogen (secondary N) is 3. The molecule has 3 aromatic rings. The highest BCUT2D eigenvalue weighted by Gasteiger charge is 2.28. The van der Waals surface area contributed by atoms with Gasteiger partial charge >= 0.3 is 5.97 Å². The zero-order chi connectivity index (χ0) is 21.7. The van der Waals surface area contributed by atoms with Crippen LogP contribution in [0.15, 0.2) is 59.6 Å². The van der Waals surface area contributed by atoms with Crippen molar-refractivity contribution in [3.63, 3.8) is 0 Å². The van der Waals surface area contributed by atoms with Crippen LogP contribution in [0.25, 0.3) is 0 Å². The number of esters is 1. The molecule has 3 rings (SSSR count). The van der Waals surface area contributed by atoms with E-state index in [1.165, 1.54) is 24.3 Å². The smallest absolute Gasteiger partial charge is 0.338 e. The maximum atomic E-state index is 12.8. The van der Waals surface area contributed by atoms with Crippen LogP contribution in [0, 0.1) is 6.92 Å². The molecule has 0 radical (unpaired) electrons. The van der Waals surface area contributed by atoms with Gasteiger partial charge in [0.25, 0.3) is 15.9 Å². The van der Waals surface area contributed by atoms with Crippen molar-refractivity contribution < 1.29 is 22.7 Å². The summed E-state index contributed by atoms with van der Waals surface area (Å²) in [5.74, 6) is -1.13. The minimum Gasteiger partial charge on any atom is -0.462 e. The van der Waals surface area contributed by atoms with Gasteiger partial charge in [-0.3, -0.25) is 14.6 Å². The quantitative estimate of drug-likeness (QED) is 0.496. The summed E-state index contributed by atoms with van der Waals surface area (Å²) in [6.07, 6.45) is 0. The van der Waals surface area contributed by atoms with Crippen LogP contribution >= 0.6 is 0 Å². The highest BCUT2D eigenvalue weighted by molar-refractivity contribution is 7.92. The van der Waals surface area contributed by atoms with Crippen molar-refractivity contribution in [1.82, 2.24) is 10.2 Å². The molecule has 3 N–H and O–H groups in total. The number of hydrogen-bond acceptors (Lipinski definition) is 6. The number of aromatic nitrogens is 2. The van der Waals surface area contributed by atoms with Crippen molar-refractivity contribution in [3.05, 3.63) is 71.4 Å². The number of H-pyrrole nitrogens is 1. The van der Waals surface area contributed by atoms with Crippen molar-refractivity contribution in [2.75, 3.05) is 16.6 Å². The predicted molar refractivity (Wildman–Crippen MR) is 111 cm³/mol. The van der Waals surface area contributed by atoms with Gasteiger partial charge < -0.3 is 10.1 Å². The third-order valence-corrected chi connectivity index (χ3v) is 5.38. The first-order valence-corrected chi connectivity index (χ1v) is 10.5. The second kappa shape index (κ2) is 8.78. The van der Waals surface area contributed by atoms with Crippen LogP contribution in [0.5, 0.6) is 0 Å². The van der Waals surface area contributed by atoms with Crippen molar-refractivity contribution in [2.45, 2.75) is 18.9 Å². The second-order valence-electron chi connectivity index (χ2n) is 6.25. The summed E-state index contributed by atoms with van der Waals surface area (Å²) in [4.78, 5) is 24.5. The molecule has 0 saturated carbocycles. The molecule has 30 heavy (non-hydrogen) atoms. The largest absolute Gasteiger partial charge is 0.462 e. The van der Waals surface area contributed by atoms with E-state index in [0.717, 1.165) is 0 Å². The van der Waals surface area contributed by atoms with E-state index in [2.05, 4.69) is 20.2 Å². The summed E-state index contributed by atoms with van der Waals surface area (Å²) in [6, 6.07) is 14.3. The number of anilines is 2. The number of carbonyl (C=O) groups is 2. The summed E-state index contributed by atoms with van der Waals surface area (Å²) in [5.41, 5.74) is 1.26. The van der Waals surface area contributed by atoms with E-state index in [-0.39, 0.29) is 12.2 Å². The molecule has 0 fully saturated rings. The van der Waals surface area contributed by atoms with Crippen LogP contribution in [0.2, 0.25) is 0 Å². The highest BCUT2D eigenvalue weighted by atomic mass is 32.2. The highest BCUT2D eigenvalue weighted by Crippen LogP contribution is 2.21. The Bertz CT molecular complexity index is 1160. The first-order valence-electron chi connectivity index (χ1n) is 9.03. The number of nitrogens with zero attached hydrogens (tertiary/aromatic N) is 1. The van der Waals surface area contributed by atoms with Gasteiger partial charge in [0.15, 0.2) is 0 Å². The number of ether oxygens (including phenoxy) is 1. The van der Waals surface area contributed by atoms with Gasteiger partial charge in [-0.05, 0) is 50.2 Å². The molecule has 1 aromatic heterocycles. The summed E-state index contributed by atoms with van der Waals surface area (Å²) in [7, 11) is -4.10. The molecule has 10 heteroatoms. The average Bonchev–Trinajstić information content (AvgIpc) is 3.12. The molecule has 0 aliphatic rings. The Morgan fingerprint density at radius 2 is 1.70 bits per heavy atom. The molecule has 0 unspecified atom stereocenters. The second-order valence-corrected chi connectivity index (χ2v) is 7.85. The molecule has 156 valence electrons. The molecule has 9 nitrogen and oxygen atoms in total. The molecule has 0 saturated heterocycles. The van der Waals surface area contributed by atoms with Gasteiger partial charge in [-0.2, -0.15) is 13.5 Å². The Morgan fingerprint density at radius 3 is 2.33 bits per heavy atom. The van der Waals surface area contributed by atoms with E-state index in [4.69, 9.17) is 4.74 Å². The summed E-state index contributed by atoms with van der Waals surface area (Å²) >= 11 is 0. The number of sulfonamides is 1. The lowest BCUT2D eigenvalue weighted by atomic mass is 10.2. The number of rotatable bonds is 7. The topological polar surface area (TPSA) is 130 Å². The Kier molecular flexibility index (Phi) is 6.17. The standard InChI is InChI=1S/C20H20N4O5S/c1-3-29-20(26)14-9-11-15(12-10-14)21-18(25)17-13(2)22-23-19(17)30(27,28)24-16-7-5-4-6-8-16/h4-12,24H,3H2,1-2H3,(H,21,25)(H,22,23). The normalized spacial score (nSPS) is 11.0. The van der Waals surface area contributed by atoms with Gasteiger partial charge in [-0.15, -0.1) is 0 Å². The van der Waals surface area contributed by atoms with Gasteiger partial charge in [0, 0.05) is 17.1 Å². The molecule has 0 atom stereocenters. The summed E-state index contributed by atoms with van der Waals surface area (Å²) < 4.78 is 32.8. The van der Waals surface area contributed by atoms with Crippen LogP contribution < -0.4 is 10.0 Å². The minimum atomic E-state index is -4.10. The number of carbonyl (C=O) groups excluding carboxylic acids is 2. The van der Waals surface area contributed by atoms with E-state index in [0.29, 0.717) is 22.6 Å². The van der Waals surface area contributed by atoms with E-state index in [1.807, 2.05) is 0 Å². The molecule has 0 aliphatic carbocycles. The summed E-state index contributed by atoms with van der Waals surface area (Å²) in [6.45, 7) is 3.51. The summed E-state index contributed by atoms with van der Waals surface area (Å²) in [5, 5.41) is 8.55. The van der Waals surface area contributed by atoms with Crippen LogP contribution in [0.3, 0.4) is 0 Å². The first-order chi connectivity index (χ1) is 14.3. The molecule has 1 amide bonds. The lowest BCUT2D eigenvalue weighted by Gasteiger charge is -2.09. The zero-order valence-corrected chi connectivity index (χ0v) is 17.1. The zero-order valence-electron chi connectivity index (χ0n) is 16.3. The molecule has 2 aromatic carbocycles. The maximum Gasteiger partial charge on any atom is 0.338 e. The third-order valence-electron chi connectivity index (χ3n) is 4.08. The fourth-order valence-electron chi connectivity index (χ4n) is 2.68. The van der Waals surface area contributed by atoms with Crippen molar-refractivity contribution in [3.8, 4) is 0 Å². The Hall–Kier alpha value is -3.66.